The van der Waals surface area contributed by atoms with Crippen LogP contribution in [0.3, 0.4) is 0 Å². The number of aryl methyl sites for hydroxylation is 4. The lowest BCUT2D eigenvalue weighted by Gasteiger charge is -2.13. The van der Waals surface area contributed by atoms with E-state index in [0.29, 0.717) is 6.42 Å². The van der Waals surface area contributed by atoms with Crippen LogP contribution in [0, 0.1) is 27.7 Å². The molecule has 0 aromatic carbocycles. The third kappa shape index (κ3) is 8.27. The van der Waals surface area contributed by atoms with Crippen molar-refractivity contribution in [2.45, 2.75) is 59.4 Å². The van der Waals surface area contributed by atoms with Crippen molar-refractivity contribution in [2.75, 3.05) is 14.2 Å². The summed E-state index contributed by atoms with van der Waals surface area (Å²) in [7, 11) is 2.76. The Bertz CT molecular complexity index is 1380. The molecule has 4 aromatic heterocycles. The molecule has 0 spiro atoms. The van der Waals surface area contributed by atoms with Crippen LogP contribution in [0.5, 0.6) is 0 Å². The summed E-state index contributed by atoms with van der Waals surface area (Å²) in [5, 5.41) is 0. The van der Waals surface area contributed by atoms with Crippen LogP contribution in [-0.4, -0.2) is 46.1 Å². The van der Waals surface area contributed by atoms with Crippen LogP contribution in [0.1, 0.15) is 65.1 Å². The Morgan fingerprint density at radius 2 is 1.02 bits per heavy atom. The molecule has 0 aliphatic heterocycles. The van der Waals surface area contributed by atoms with Gasteiger partial charge in [-0.2, -0.15) is 0 Å². The summed E-state index contributed by atoms with van der Waals surface area (Å²) in [5.41, 5.74) is 16.6. The van der Waals surface area contributed by atoms with Crippen molar-refractivity contribution in [1.82, 2.24) is 19.9 Å². The number of nitrogens with zero attached hydrogens (tertiary/aromatic N) is 4. The Kier molecular flexibility index (Phi) is 11.4. The Balaban J connectivity index is 0.000000230. The Labute approximate surface area is 247 Å². The van der Waals surface area contributed by atoms with E-state index in [0.717, 1.165) is 55.6 Å². The van der Waals surface area contributed by atoms with Crippen molar-refractivity contribution < 1.29 is 19.1 Å². The zero-order valence-corrected chi connectivity index (χ0v) is 25.3. The highest BCUT2D eigenvalue weighted by atomic mass is 16.5. The first-order valence-electron chi connectivity index (χ1n) is 13.7. The van der Waals surface area contributed by atoms with E-state index >= 15 is 0 Å². The van der Waals surface area contributed by atoms with Gasteiger partial charge in [0.05, 0.1) is 27.1 Å². The molecule has 9 heteroatoms. The maximum absolute atomic E-state index is 11.4. The van der Waals surface area contributed by atoms with Crippen LogP contribution in [0.25, 0.3) is 22.3 Å². The minimum Gasteiger partial charge on any atom is -0.469 e. The molecule has 9 nitrogen and oxygen atoms in total. The summed E-state index contributed by atoms with van der Waals surface area (Å²) in [4.78, 5) is 39.7. The second kappa shape index (κ2) is 14.9. The maximum Gasteiger partial charge on any atom is 0.307 e. The zero-order valence-electron chi connectivity index (χ0n) is 25.3. The number of pyridine rings is 4. The summed E-state index contributed by atoms with van der Waals surface area (Å²) in [6.45, 7) is 10.1. The molecule has 0 unspecified atom stereocenters. The van der Waals surface area contributed by atoms with Crippen molar-refractivity contribution >= 4 is 11.9 Å². The molecule has 2 atom stereocenters. The largest absolute Gasteiger partial charge is 0.469 e. The molecule has 4 heterocycles. The Hall–Kier alpha value is -4.50. The third-order valence-corrected chi connectivity index (χ3v) is 7.06. The van der Waals surface area contributed by atoms with Gasteiger partial charge in [-0.25, -0.2) is 0 Å². The van der Waals surface area contributed by atoms with Crippen LogP contribution < -0.4 is 5.73 Å². The van der Waals surface area contributed by atoms with Gasteiger partial charge in [0.2, 0.25) is 0 Å². The smallest absolute Gasteiger partial charge is 0.307 e. The SMILES string of the molecule is COC(=O)C[C@H](C)c1cncc(-c2c(C)cncc2C)c1.COC(=O)C[C@H](N)c1cncc(-c2c(C)cncc2C)c1. The van der Waals surface area contributed by atoms with Gasteiger partial charge < -0.3 is 15.2 Å². The number of nitrogens with two attached hydrogens (primary N) is 1. The highest BCUT2D eigenvalue weighted by Crippen LogP contribution is 2.30. The molecule has 0 bridgehead atoms. The monoisotopic (exact) mass is 569 g/mol. The third-order valence-electron chi connectivity index (χ3n) is 7.06. The molecular weight excluding hydrogens is 530 g/mol. The Morgan fingerprint density at radius 3 is 1.48 bits per heavy atom. The normalized spacial score (nSPS) is 12.0. The fraction of sp³-hybridized carbons (Fsp3) is 0.333. The molecule has 4 rings (SSSR count). The second-order valence-corrected chi connectivity index (χ2v) is 10.4. The predicted octanol–water partition coefficient (Wildman–Crippen LogP) is 5.75. The number of hydrogen-bond acceptors (Lipinski definition) is 9. The van der Waals surface area contributed by atoms with Gasteiger partial charge in [0.1, 0.15) is 0 Å². The minimum absolute atomic E-state index is 0.0762. The van der Waals surface area contributed by atoms with Gasteiger partial charge in [-0.15, -0.1) is 0 Å². The number of hydrogen-bond donors (Lipinski definition) is 1. The summed E-state index contributed by atoms with van der Waals surface area (Å²) in [6, 6.07) is 3.64. The topological polar surface area (TPSA) is 130 Å². The van der Waals surface area contributed by atoms with E-state index in [1.807, 2.05) is 77.9 Å². The first-order valence-corrected chi connectivity index (χ1v) is 13.7. The molecule has 2 N–H and O–H groups in total. The second-order valence-electron chi connectivity index (χ2n) is 10.4. The van der Waals surface area contributed by atoms with E-state index in [2.05, 4.69) is 30.7 Å². The van der Waals surface area contributed by atoms with Crippen molar-refractivity contribution in [3.8, 4) is 22.3 Å². The minimum atomic E-state index is -0.424. The quantitative estimate of drug-likeness (QED) is 0.264. The number of aromatic nitrogens is 4. The molecule has 0 saturated carbocycles. The van der Waals surface area contributed by atoms with Gasteiger partial charge in [0.15, 0.2) is 0 Å². The fourth-order valence-corrected chi connectivity index (χ4v) is 4.81. The average Bonchev–Trinajstić information content (AvgIpc) is 2.97. The van der Waals surface area contributed by atoms with E-state index in [1.165, 1.54) is 14.2 Å². The lowest BCUT2D eigenvalue weighted by molar-refractivity contribution is -0.141. The number of carbonyl (C=O) groups excluding carboxylic acids is 2. The van der Waals surface area contributed by atoms with Gasteiger partial charge in [0.25, 0.3) is 0 Å². The van der Waals surface area contributed by atoms with Crippen LogP contribution in [0.15, 0.2) is 61.7 Å². The molecule has 220 valence electrons. The van der Waals surface area contributed by atoms with Gasteiger partial charge >= 0.3 is 11.9 Å². The molecule has 0 fully saturated rings. The van der Waals surface area contributed by atoms with E-state index < -0.39 is 6.04 Å². The summed E-state index contributed by atoms with van der Waals surface area (Å²) in [5.74, 6) is -0.458. The first-order chi connectivity index (χ1) is 20.0. The van der Waals surface area contributed by atoms with Crippen LogP contribution in [0.2, 0.25) is 0 Å². The standard InChI is InChI=1S/C17H20N2O2.C16H19N3O2/c1-11(5-16(20)21-4)14-6-15(10-19-9-14)17-12(2)7-18-8-13(17)3;1-10-6-18-7-11(2)16(10)13-4-12(8-19-9-13)14(17)5-15(20)21-3/h6-11H,5H2,1-4H3;4,6-9,14H,5,17H2,1-3H3/t11-;14-/m00/s1. The summed E-state index contributed by atoms with van der Waals surface area (Å²) >= 11 is 0. The number of ether oxygens (including phenoxy) is 2. The Morgan fingerprint density at radius 1 is 0.643 bits per heavy atom. The van der Waals surface area contributed by atoms with E-state index in [9.17, 15) is 9.59 Å². The van der Waals surface area contributed by atoms with Crippen molar-refractivity contribution in [3.63, 3.8) is 0 Å². The maximum atomic E-state index is 11.4. The lowest BCUT2D eigenvalue weighted by Crippen LogP contribution is -2.16. The summed E-state index contributed by atoms with van der Waals surface area (Å²) < 4.78 is 9.38. The molecular formula is C33H39N5O4. The van der Waals surface area contributed by atoms with Gasteiger partial charge in [-0.05, 0) is 90.3 Å². The van der Waals surface area contributed by atoms with Gasteiger partial charge in [-0.1, -0.05) is 6.92 Å². The van der Waals surface area contributed by atoms with E-state index in [4.69, 9.17) is 10.5 Å². The van der Waals surface area contributed by atoms with Crippen LogP contribution >= 0.6 is 0 Å². The van der Waals surface area contributed by atoms with Gasteiger partial charge in [-0.3, -0.25) is 29.5 Å². The predicted molar refractivity (Wildman–Crippen MR) is 162 cm³/mol. The number of rotatable bonds is 8. The molecule has 0 amide bonds. The van der Waals surface area contributed by atoms with Crippen molar-refractivity contribution in [3.05, 3.63) is 95.1 Å². The van der Waals surface area contributed by atoms with E-state index in [1.54, 1.807) is 12.4 Å². The van der Waals surface area contributed by atoms with Crippen LogP contribution in [0.4, 0.5) is 0 Å². The number of esters is 2. The van der Waals surface area contributed by atoms with Crippen LogP contribution in [-0.2, 0) is 19.1 Å². The molecule has 0 saturated heterocycles. The molecule has 0 aliphatic rings. The molecule has 42 heavy (non-hydrogen) atoms. The zero-order chi connectivity index (χ0) is 30.8. The highest BCUT2D eigenvalue weighted by Gasteiger charge is 2.15. The molecule has 0 aliphatic carbocycles. The first kappa shape index (κ1) is 32.0. The average molecular weight is 570 g/mol. The van der Waals surface area contributed by atoms with E-state index in [-0.39, 0.29) is 24.3 Å². The number of methoxy groups -OCH3 is 2. The van der Waals surface area contributed by atoms with Crippen molar-refractivity contribution in [1.29, 1.82) is 0 Å². The van der Waals surface area contributed by atoms with Crippen molar-refractivity contribution in [2.24, 2.45) is 5.73 Å². The fourth-order valence-electron chi connectivity index (χ4n) is 4.81. The summed E-state index contributed by atoms with van der Waals surface area (Å²) in [6.07, 6.45) is 15.0. The molecule has 4 aromatic rings. The highest BCUT2D eigenvalue weighted by molar-refractivity contribution is 5.73. The number of carbonyl (C=O) groups is 2. The van der Waals surface area contributed by atoms with Gasteiger partial charge in [0, 0.05) is 66.7 Å². The molecule has 0 radical (unpaired) electrons. The lowest BCUT2D eigenvalue weighted by atomic mass is 9.94.